The number of hydrogen-bond donors (Lipinski definition) is 0. The Hall–Kier alpha value is -2.35. The summed E-state index contributed by atoms with van der Waals surface area (Å²) in [5.41, 5.74) is 4.55. The van der Waals surface area contributed by atoms with Crippen molar-refractivity contribution in [3.8, 4) is 0 Å². The molecular formula is C22H25NO. The fourth-order valence-electron chi connectivity index (χ4n) is 3.73. The van der Waals surface area contributed by atoms with Crippen LogP contribution in [0, 0.1) is 0 Å². The van der Waals surface area contributed by atoms with Crippen molar-refractivity contribution in [1.29, 1.82) is 0 Å². The van der Waals surface area contributed by atoms with Gasteiger partial charge in [0.1, 0.15) is 5.54 Å². The molecular weight excluding hydrogens is 294 g/mol. The van der Waals surface area contributed by atoms with E-state index in [4.69, 9.17) is 9.73 Å². The van der Waals surface area contributed by atoms with Gasteiger partial charge in [0.05, 0.1) is 6.61 Å². The molecule has 0 bridgehead atoms. The van der Waals surface area contributed by atoms with Gasteiger partial charge in [0, 0.05) is 5.57 Å². The zero-order valence-corrected chi connectivity index (χ0v) is 14.8. The maximum atomic E-state index is 5.93. The van der Waals surface area contributed by atoms with Gasteiger partial charge in [-0.05, 0) is 36.5 Å². The van der Waals surface area contributed by atoms with E-state index in [0.717, 1.165) is 18.7 Å². The number of hydrogen-bond acceptors (Lipinski definition) is 2. The molecule has 0 N–H and O–H groups in total. The molecule has 0 radical (unpaired) electrons. The third-order valence-corrected chi connectivity index (χ3v) is 4.70. The first-order valence-corrected chi connectivity index (χ1v) is 8.84. The van der Waals surface area contributed by atoms with Gasteiger partial charge >= 0.3 is 0 Å². The molecule has 2 aromatic rings. The van der Waals surface area contributed by atoms with E-state index in [-0.39, 0.29) is 0 Å². The summed E-state index contributed by atoms with van der Waals surface area (Å²) in [5, 5.41) is 0. The van der Waals surface area contributed by atoms with Gasteiger partial charge in [-0.25, -0.2) is 4.99 Å². The number of rotatable bonds is 5. The van der Waals surface area contributed by atoms with Crippen LogP contribution in [0.1, 0.15) is 44.7 Å². The largest absolute Gasteiger partial charge is 0.478 e. The molecule has 0 saturated heterocycles. The van der Waals surface area contributed by atoms with Crippen LogP contribution < -0.4 is 0 Å². The quantitative estimate of drug-likeness (QED) is 0.713. The Bertz CT molecular complexity index is 705. The van der Waals surface area contributed by atoms with Crippen molar-refractivity contribution >= 4 is 5.90 Å². The molecule has 2 aromatic carbocycles. The minimum absolute atomic E-state index is 0.465. The first-order chi connectivity index (χ1) is 11.8. The van der Waals surface area contributed by atoms with E-state index in [2.05, 4.69) is 74.5 Å². The molecule has 0 aromatic heterocycles. The van der Waals surface area contributed by atoms with Crippen LogP contribution in [0.2, 0.25) is 0 Å². The molecule has 1 aliphatic rings. The van der Waals surface area contributed by atoms with E-state index in [0.29, 0.717) is 6.61 Å². The highest BCUT2D eigenvalue weighted by Gasteiger charge is 2.44. The predicted molar refractivity (Wildman–Crippen MR) is 100 cm³/mol. The molecule has 0 unspecified atom stereocenters. The standard InChI is InChI=1S/C22H25NO/c1-4-19-20(5-2)22(23-21(19)24-6-3,17-13-9-7-10-14-17)18-15-11-8-12-16-18/h7-16H,4-6H2,1-3H3. The molecule has 1 heterocycles. The van der Waals surface area contributed by atoms with Crippen LogP contribution in [0.4, 0.5) is 0 Å². The van der Waals surface area contributed by atoms with E-state index in [1.165, 1.54) is 22.3 Å². The molecule has 1 aliphatic heterocycles. The van der Waals surface area contributed by atoms with Gasteiger partial charge in [0.25, 0.3) is 0 Å². The molecule has 3 rings (SSSR count). The third-order valence-electron chi connectivity index (χ3n) is 4.70. The molecule has 0 fully saturated rings. The van der Waals surface area contributed by atoms with Crippen molar-refractivity contribution < 1.29 is 4.74 Å². The van der Waals surface area contributed by atoms with Gasteiger partial charge in [0.15, 0.2) is 0 Å². The summed E-state index contributed by atoms with van der Waals surface area (Å²) in [6, 6.07) is 21.2. The molecule has 2 nitrogen and oxygen atoms in total. The second-order valence-corrected chi connectivity index (χ2v) is 5.96. The van der Waals surface area contributed by atoms with Gasteiger partial charge in [-0.15, -0.1) is 0 Å². The van der Waals surface area contributed by atoms with Gasteiger partial charge in [-0.2, -0.15) is 0 Å². The van der Waals surface area contributed by atoms with E-state index < -0.39 is 5.54 Å². The molecule has 0 spiro atoms. The smallest absolute Gasteiger partial charge is 0.213 e. The SMILES string of the molecule is CCOC1=NC(c2ccccc2)(c2ccccc2)C(CC)=C1CC. The van der Waals surface area contributed by atoms with Crippen LogP contribution in [0.15, 0.2) is 76.8 Å². The maximum absolute atomic E-state index is 5.93. The van der Waals surface area contributed by atoms with Crippen molar-refractivity contribution in [2.24, 2.45) is 4.99 Å². The van der Waals surface area contributed by atoms with Crippen molar-refractivity contribution in [2.75, 3.05) is 6.61 Å². The Morgan fingerprint density at radius 1 is 0.792 bits per heavy atom. The number of ether oxygens (including phenoxy) is 1. The highest BCUT2D eigenvalue weighted by atomic mass is 16.5. The number of aliphatic imine (C=N–C) groups is 1. The lowest BCUT2D eigenvalue weighted by Crippen LogP contribution is -2.26. The lowest BCUT2D eigenvalue weighted by atomic mass is 9.76. The van der Waals surface area contributed by atoms with E-state index in [1.54, 1.807) is 0 Å². The Balaban J connectivity index is 2.32. The van der Waals surface area contributed by atoms with Crippen LogP contribution in [-0.2, 0) is 10.3 Å². The average Bonchev–Trinajstić information content (AvgIpc) is 2.97. The van der Waals surface area contributed by atoms with Crippen LogP contribution in [-0.4, -0.2) is 12.5 Å². The molecule has 0 saturated carbocycles. The van der Waals surface area contributed by atoms with E-state index >= 15 is 0 Å². The van der Waals surface area contributed by atoms with Crippen molar-refractivity contribution in [1.82, 2.24) is 0 Å². The van der Waals surface area contributed by atoms with Crippen LogP contribution >= 0.6 is 0 Å². The summed E-state index contributed by atoms with van der Waals surface area (Å²) in [6.45, 7) is 7.06. The normalized spacial score (nSPS) is 16.2. The zero-order valence-electron chi connectivity index (χ0n) is 14.8. The fourth-order valence-corrected chi connectivity index (χ4v) is 3.73. The molecule has 0 amide bonds. The second-order valence-electron chi connectivity index (χ2n) is 5.96. The summed E-state index contributed by atoms with van der Waals surface area (Å²) in [5.74, 6) is 0.810. The van der Waals surface area contributed by atoms with Crippen molar-refractivity contribution in [2.45, 2.75) is 39.2 Å². The van der Waals surface area contributed by atoms with Crippen LogP contribution in [0.5, 0.6) is 0 Å². The third kappa shape index (κ3) is 2.56. The van der Waals surface area contributed by atoms with E-state index in [1.807, 2.05) is 6.92 Å². The van der Waals surface area contributed by atoms with Gasteiger partial charge in [0.2, 0.25) is 5.90 Å². The maximum Gasteiger partial charge on any atom is 0.213 e. The minimum atomic E-state index is -0.465. The topological polar surface area (TPSA) is 21.6 Å². The molecule has 24 heavy (non-hydrogen) atoms. The van der Waals surface area contributed by atoms with Gasteiger partial charge < -0.3 is 4.74 Å². The van der Waals surface area contributed by atoms with Crippen molar-refractivity contribution in [3.05, 3.63) is 82.9 Å². The molecule has 0 atom stereocenters. The Kier molecular flexibility index (Phi) is 4.84. The lowest BCUT2D eigenvalue weighted by molar-refractivity contribution is 0.325. The number of nitrogens with zero attached hydrogens (tertiary/aromatic N) is 1. The highest BCUT2D eigenvalue weighted by Crippen LogP contribution is 2.48. The summed E-state index contributed by atoms with van der Waals surface area (Å²) < 4.78 is 5.93. The molecule has 0 aliphatic carbocycles. The van der Waals surface area contributed by atoms with E-state index in [9.17, 15) is 0 Å². The fraction of sp³-hybridized carbons (Fsp3) is 0.318. The average molecular weight is 319 g/mol. The molecule has 2 heteroatoms. The minimum Gasteiger partial charge on any atom is -0.478 e. The Morgan fingerprint density at radius 3 is 1.75 bits per heavy atom. The predicted octanol–water partition coefficient (Wildman–Crippen LogP) is 5.50. The summed E-state index contributed by atoms with van der Waals surface area (Å²) in [7, 11) is 0. The zero-order chi connectivity index (χ0) is 17.0. The Morgan fingerprint density at radius 2 is 1.33 bits per heavy atom. The van der Waals surface area contributed by atoms with Crippen LogP contribution in [0.25, 0.3) is 0 Å². The highest BCUT2D eigenvalue weighted by molar-refractivity contribution is 5.98. The molecule has 124 valence electrons. The Labute approximate surface area is 144 Å². The van der Waals surface area contributed by atoms with Gasteiger partial charge in [-0.3, -0.25) is 0 Å². The lowest BCUT2D eigenvalue weighted by Gasteiger charge is -2.31. The number of benzene rings is 2. The summed E-state index contributed by atoms with van der Waals surface area (Å²) >= 11 is 0. The van der Waals surface area contributed by atoms with Crippen LogP contribution in [0.3, 0.4) is 0 Å². The van der Waals surface area contributed by atoms with Gasteiger partial charge in [-0.1, -0.05) is 74.5 Å². The second kappa shape index (κ2) is 7.04. The summed E-state index contributed by atoms with van der Waals surface area (Å²) in [4.78, 5) is 5.17. The monoisotopic (exact) mass is 319 g/mol. The first-order valence-electron chi connectivity index (χ1n) is 8.84. The first kappa shape index (κ1) is 16.5. The van der Waals surface area contributed by atoms with Crippen molar-refractivity contribution in [3.63, 3.8) is 0 Å². The summed E-state index contributed by atoms with van der Waals surface area (Å²) in [6.07, 6.45) is 1.89.